The highest BCUT2D eigenvalue weighted by Crippen LogP contribution is 2.22. The lowest BCUT2D eigenvalue weighted by molar-refractivity contribution is 1.03. The predicted octanol–water partition coefficient (Wildman–Crippen LogP) is 3.56. The molecule has 0 aromatic heterocycles. The molecule has 0 amide bonds. The molecule has 0 N–H and O–H groups in total. The second-order valence-corrected chi connectivity index (χ2v) is 3.27. The van der Waals surface area contributed by atoms with Crippen molar-refractivity contribution in [3.63, 3.8) is 0 Å². The van der Waals surface area contributed by atoms with Gasteiger partial charge in [-0.3, -0.25) is 0 Å². The van der Waals surface area contributed by atoms with E-state index in [-0.39, 0.29) is 0 Å². The lowest BCUT2D eigenvalue weighted by Gasteiger charge is -1.99. The van der Waals surface area contributed by atoms with Crippen molar-refractivity contribution in [3.05, 3.63) is 33.8 Å². The van der Waals surface area contributed by atoms with E-state index in [1.54, 1.807) is 6.07 Å². The van der Waals surface area contributed by atoms with Crippen molar-refractivity contribution in [2.75, 3.05) is 0 Å². The Morgan fingerprint density at radius 3 is 2.58 bits per heavy atom. The van der Waals surface area contributed by atoms with E-state index in [0.717, 1.165) is 18.4 Å². The molecule has 0 fully saturated rings. The Balaban J connectivity index is 2.77. The maximum atomic E-state index is 5.81. The van der Waals surface area contributed by atoms with Crippen LogP contribution in [0, 0.1) is 12.3 Å². The van der Waals surface area contributed by atoms with Crippen molar-refractivity contribution in [3.8, 4) is 12.3 Å². The largest absolute Gasteiger partial charge is 0.120 e. The van der Waals surface area contributed by atoms with Gasteiger partial charge in [0.05, 0.1) is 10.0 Å². The molecule has 0 saturated heterocycles. The third-order valence-corrected chi connectivity index (χ3v) is 2.28. The topological polar surface area (TPSA) is 0 Å². The summed E-state index contributed by atoms with van der Waals surface area (Å²) in [6.45, 7) is 0. The lowest BCUT2D eigenvalue weighted by atomic mass is 10.1. The third kappa shape index (κ3) is 2.44. The fourth-order valence-electron chi connectivity index (χ4n) is 0.912. The molecule has 1 rings (SSSR count). The summed E-state index contributed by atoms with van der Waals surface area (Å²) in [5.74, 6) is 2.57. The molecule has 0 spiro atoms. The first-order valence-electron chi connectivity index (χ1n) is 3.61. The minimum atomic E-state index is 0.584. The Hall–Kier alpha value is -0.640. The summed E-state index contributed by atoms with van der Waals surface area (Å²) in [4.78, 5) is 0. The molecule has 12 heavy (non-hydrogen) atoms. The van der Waals surface area contributed by atoms with E-state index in [1.807, 2.05) is 12.1 Å². The first kappa shape index (κ1) is 9.45. The van der Waals surface area contributed by atoms with Crippen LogP contribution in [0.15, 0.2) is 18.2 Å². The molecular weight excluding hydrogens is 191 g/mol. The van der Waals surface area contributed by atoms with Crippen LogP contribution >= 0.6 is 23.2 Å². The van der Waals surface area contributed by atoms with Crippen molar-refractivity contribution in [2.45, 2.75) is 12.8 Å². The van der Waals surface area contributed by atoms with Gasteiger partial charge >= 0.3 is 0 Å². The normalized spacial score (nSPS) is 9.42. The van der Waals surface area contributed by atoms with Crippen LogP contribution in [-0.4, -0.2) is 0 Å². The van der Waals surface area contributed by atoms with Crippen LogP contribution in [-0.2, 0) is 6.42 Å². The van der Waals surface area contributed by atoms with Gasteiger partial charge in [-0.25, -0.2) is 0 Å². The van der Waals surface area contributed by atoms with Gasteiger partial charge in [-0.15, -0.1) is 12.3 Å². The Labute approximate surface area is 82.5 Å². The zero-order valence-electron chi connectivity index (χ0n) is 6.48. The molecule has 0 unspecified atom stereocenters. The van der Waals surface area contributed by atoms with Gasteiger partial charge in [-0.05, 0) is 24.1 Å². The first-order valence-corrected chi connectivity index (χ1v) is 4.37. The molecule has 0 aliphatic carbocycles. The molecular formula is C10H8Cl2. The van der Waals surface area contributed by atoms with Gasteiger partial charge in [0.25, 0.3) is 0 Å². The van der Waals surface area contributed by atoms with Crippen LogP contribution in [0.4, 0.5) is 0 Å². The molecule has 0 heterocycles. The summed E-state index contributed by atoms with van der Waals surface area (Å²) in [6.07, 6.45) is 6.72. The van der Waals surface area contributed by atoms with Gasteiger partial charge < -0.3 is 0 Å². The van der Waals surface area contributed by atoms with E-state index in [9.17, 15) is 0 Å². The molecule has 0 bridgehead atoms. The minimum absolute atomic E-state index is 0.584. The number of terminal acetylenes is 1. The van der Waals surface area contributed by atoms with Gasteiger partial charge in [-0.2, -0.15) is 0 Å². The van der Waals surface area contributed by atoms with Crippen LogP contribution in [0.1, 0.15) is 12.0 Å². The highest BCUT2D eigenvalue weighted by molar-refractivity contribution is 6.42. The van der Waals surface area contributed by atoms with Crippen molar-refractivity contribution in [2.24, 2.45) is 0 Å². The molecule has 1 aromatic rings. The summed E-state index contributed by atoms with van der Waals surface area (Å²) in [5.41, 5.74) is 1.13. The summed E-state index contributed by atoms with van der Waals surface area (Å²) in [5, 5.41) is 1.17. The van der Waals surface area contributed by atoms with E-state index in [4.69, 9.17) is 29.6 Å². The smallest absolute Gasteiger partial charge is 0.0595 e. The Morgan fingerprint density at radius 1 is 1.25 bits per heavy atom. The second kappa shape index (κ2) is 4.40. The van der Waals surface area contributed by atoms with Gasteiger partial charge in [0.15, 0.2) is 0 Å². The van der Waals surface area contributed by atoms with Gasteiger partial charge in [-0.1, -0.05) is 29.3 Å². The van der Waals surface area contributed by atoms with E-state index in [0.29, 0.717) is 10.0 Å². The predicted molar refractivity (Wildman–Crippen MR) is 53.6 cm³/mol. The molecule has 0 atom stereocenters. The second-order valence-electron chi connectivity index (χ2n) is 2.45. The number of hydrogen-bond donors (Lipinski definition) is 0. The average Bonchev–Trinajstić information content (AvgIpc) is 2.07. The van der Waals surface area contributed by atoms with Crippen LogP contribution in [0.2, 0.25) is 10.0 Å². The first-order chi connectivity index (χ1) is 5.74. The Bertz CT molecular complexity index is 310. The Morgan fingerprint density at radius 2 is 2.00 bits per heavy atom. The Kier molecular flexibility index (Phi) is 3.47. The summed E-state index contributed by atoms with van der Waals surface area (Å²) >= 11 is 11.6. The molecule has 0 aliphatic heterocycles. The van der Waals surface area contributed by atoms with E-state index in [1.165, 1.54) is 0 Å². The summed E-state index contributed by atoms with van der Waals surface area (Å²) < 4.78 is 0. The van der Waals surface area contributed by atoms with Crippen molar-refractivity contribution in [1.82, 2.24) is 0 Å². The highest BCUT2D eigenvalue weighted by atomic mass is 35.5. The minimum Gasteiger partial charge on any atom is -0.120 e. The quantitative estimate of drug-likeness (QED) is 0.638. The summed E-state index contributed by atoms with van der Waals surface area (Å²) in [7, 11) is 0. The lowest BCUT2D eigenvalue weighted by Crippen LogP contribution is -1.83. The van der Waals surface area contributed by atoms with Crippen LogP contribution in [0.25, 0.3) is 0 Å². The van der Waals surface area contributed by atoms with Gasteiger partial charge in [0.2, 0.25) is 0 Å². The number of hydrogen-bond acceptors (Lipinski definition) is 0. The average molecular weight is 199 g/mol. The van der Waals surface area contributed by atoms with Gasteiger partial charge in [0, 0.05) is 6.42 Å². The number of rotatable bonds is 2. The monoisotopic (exact) mass is 198 g/mol. The zero-order valence-corrected chi connectivity index (χ0v) is 7.99. The maximum absolute atomic E-state index is 5.81. The number of aryl methyl sites for hydroxylation is 1. The molecule has 0 radical (unpaired) electrons. The van der Waals surface area contributed by atoms with E-state index >= 15 is 0 Å². The van der Waals surface area contributed by atoms with Crippen LogP contribution < -0.4 is 0 Å². The SMILES string of the molecule is C#CCCc1ccc(Cl)c(Cl)c1. The van der Waals surface area contributed by atoms with Crippen molar-refractivity contribution in [1.29, 1.82) is 0 Å². The zero-order chi connectivity index (χ0) is 8.97. The fraction of sp³-hybridized carbons (Fsp3) is 0.200. The van der Waals surface area contributed by atoms with Crippen LogP contribution in [0.3, 0.4) is 0 Å². The van der Waals surface area contributed by atoms with Gasteiger partial charge in [0.1, 0.15) is 0 Å². The third-order valence-electron chi connectivity index (χ3n) is 1.54. The van der Waals surface area contributed by atoms with E-state index in [2.05, 4.69) is 5.92 Å². The fourth-order valence-corrected chi connectivity index (χ4v) is 1.23. The maximum Gasteiger partial charge on any atom is 0.0595 e. The van der Waals surface area contributed by atoms with Crippen molar-refractivity contribution >= 4 is 23.2 Å². The van der Waals surface area contributed by atoms with Crippen LogP contribution in [0.5, 0.6) is 0 Å². The highest BCUT2D eigenvalue weighted by Gasteiger charge is 1.97. The summed E-state index contributed by atoms with van der Waals surface area (Å²) in [6, 6.07) is 5.57. The molecule has 1 aromatic carbocycles. The van der Waals surface area contributed by atoms with E-state index < -0.39 is 0 Å². The standard InChI is InChI=1S/C10H8Cl2/c1-2-3-4-8-5-6-9(11)10(12)7-8/h1,5-7H,3-4H2. The van der Waals surface area contributed by atoms with Crippen molar-refractivity contribution < 1.29 is 0 Å². The molecule has 0 aliphatic rings. The molecule has 2 heteroatoms. The number of halogens is 2. The number of benzene rings is 1. The molecule has 0 saturated carbocycles. The molecule has 0 nitrogen and oxygen atoms in total. The molecule has 62 valence electrons.